The van der Waals surface area contributed by atoms with Crippen molar-refractivity contribution in [2.45, 2.75) is 19.4 Å². The number of imidazole rings is 1. The summed E-state index contributed by atoms with van der Waals surface area (Å²) in [4.78, 5) is 17.7. The zero-order chi connectivity index (χ0) is 20.1. The van der Waals surface area contributed by atoms with Gasteiger partial charge < -0.3 is 14.6 Å². The fourth-order valence-corrected chi connectivity index (χ4v) is 3.99. The number of thiophene rings is 1. The van der Waals surface area contributed by atoms with Crippen LogP contribution in [-0.4, -0.2) is 29.1 Å². The second-order valence-corrected chi connectivity index (χ2v) is 7.74. The monoisotopic (exact) mass is 405 g/mol. The first kappa shape index (κ1) is 19.2. The number of aryl methyl sites for hydroxylation is 1. The van der Waals surface area contributed by atoms with Crippen LogP contribution in [0.1, 0.15) is 27.5 Å². The lowest BCUT2D eigenvalue weighted by Gasteiger charge is -2.10. The van der Waals surface area contributed by atoms with Crippen molar-refractivity contribution in [2.24, 2.45) is 0 Å². The molecule has 0 saturated carbocycles. The molecule has 2 aromatic heterocycles. The van der Waals surface area contributed by atoms with Gasteiger partial charge in [-0.1, -0.05) is 30.3 Å². The maximum absolute atomic E-state index is 12.1. The number of fused-ring (bicyclic) bond motifs is 1. The molecule has 2 aromatic carbocycles. The van der Waals surface area contributed by atoms with E-state index in [4.69, 9.17) is 9.72 Å². The molecule has 29 heavy (non-hydrogen) atoms. The van der Waals surface area contributed by atoms with E-state index in [1.54, 1.807) is 7.11 Å². The van der Waals surface area contributed by atoms with Gasteiger partial charge in [-0.3, -0.25) is 4.79 Å². The van der Waals surface area contributed by atoms with Crippen LogP contribution in [0.3, 0.4) is 0 Å². The Morgan fingerprint density at radius 3 is 2.69 bits per heavy atom. The smallest absolute Gasteiger partial charge is 0.261 e. The number of ether oxygens (including phenoxy) is 1. The van der Waals surface area contributed by atoms with Crippen LogP contribution in [0.5, 0.6) is 5.75 Å². The molecule has 0 aliphatic rings. The third kappa shape index (κ3) is 4.49. The van der Waals surface area contributed by atoms with Crippen LogP contribution in [0.2, 0.25) is 0 Å². The number of nitrogens with one attached hydrogen (secondary N) is 1. The maximum atomic E-state index is 12.1. The molecule has 4 aromatic rings. The Labute approximate surface area is 174 Å². The van der Waals surface area contributed by atoms with Gasteiger partial charge in [-0.05, 0) is 47.7 Å². The van der Waals surface area contributed by atoms with Crippen molar-refractivity contribution < 1.29 is 9.53 Å². The van der Waals surface area contributed by atoms with Crippen molar-refractivity contribution in [3.8, 4) is 5.75 Å². The zero-order valence-electron chi connectivity index (χ0n) is 16.3. The number of rotatable bonds is 8. The van der Waals surface area contributed by atoms with Gasteiger partial charge in [0.15, 0.2) is 0 Å². The standard InChI is InChI=1S/C23H23N3O2S/c1-28-18-12-10-17(11-13-18)16-26-20-7-3-2-6-19(20)25-22(26)9-4-14-24-23(27)21-8-5-15-29-21/h2-3,5-8,10-13,15H,4,9,14,16H2,1H3,(H,24,27). The first-order valence-corrected chi connectivity index (χ1v) is 10.5. The molecule has 0 spiro atoms. The predicted octanol–water partition coefficient (Wildman–Crippen LogP) is 4.52. The SMILES string of the molecule is COc1ccc(Cn2c(CCCNC(=O)c3cccs3)nc3ccccc32)cc1. The highest BCUT2D eigenvalue weighted by molar-refractivity contribution is 7.12. The summed E-state index contributed by atoms with van der Waals surface area (Å²) in [6, 6.07) is 20.1. The molecule has 1 N–H and O–H groups in total. The predicted molar refractivity (Wildman–Crippen MR) is 117 cm³/mol. The summed E-state index contributed by atoms with van der Waals surface area (Å²) in [5.74, 6) is 1.88. The minimum atomic E-state index is -0.00765. The van der Waals surface area contributed by atoms with Crippen molar-refractivity contribution in [3.05, 3.63) is 82.3 Å². The van der Waals surface area contributed by atoms with Crippen molar-refractivity contribution in [1.29, 1.82) is 0 Å². The quantitative estimate of drug-likeness (QED) is 0.439. The van der Waals surface area contributed by atoms with Gasteiger partial charge in [0.1, 0.15) is 11.6 Å². The highest BCUT2D eigenvalue weighted by Crippen LogP contribution is 2.20. The molecule has 0 bridgehead atoms. The van der Waals surface area contributed by atoms with E-state index >= 15 is 0 Å². The number of aromatic nitrogens is 2. The van der Waals surface area contributed by atoms with Crippen molar-refractivity contribution in [1.82, 2.24) is 14.9 Å². The van der Waals surface area contributed by atoms with E-state index in [0.29, 0.717) is 6.54 Å². The van der Waals surface area contributed by atoms with E-state index in [-0.39, 0.29) is 5.91 Å². The number of carbonyl (C=O) groups is 1. The second-order valence-electron chi connectivity index (χ2n) is 6.79. The van der Waals surface area contributed by atoms with E-state index in [2.05, 4.69) is 28.1 Å². The number of methoxy groups -OCH3 is 1. The first-order valence-electron chi connectivity index (χ1n) is 9.63. The van der Waals surface area contributed by atoms with Gasteiger partial charge in [0.25, 0.3) is 5.91 Å². The van der Waals surface area contributed by atoms with E-state index in [0.717, 1.165) is 46.9 Å². The number of para-hydroxylation sites is 2. The summed E-state index contributed by atoms with van der Waals surface area (Å²) in [5, 5.41) is 4.90. The molecule has 1 amide bonds. The van der Waals surface area contributed by atoms with Crippen molar-refractivity contribution in [2.75, 3.05) is 13.7 Å². The first-order chi connectivity index (χ1) is 14.2. The molecule has 148 valence electrons. The fourth-order valence-electron chi connectivity index (χ4n) is 3.35. The Morgan fingerprint density at radius 1 is 1.10 bits per heavy atom. The van der Waals surface area contributed by atoms with Gasteiger partial charge in [0, 0.05) is 19.5 Å². The third-order valence-electron chi connectivity index (χ3n) is 4.84. The Morgan fingerprint density at radius 2 is 1.93 bits per heavy atom. The number of benzene rings is 2. The molecule has 6 heteroatoms. The molecule has 0 unspecified atom stereocenters. The lowest BCUT2D eigenvalue weighted by atomic mass is 10.2. The normalized spacial score (nSPS) is 10.9. The molecule has 2 heterocycles. The van der Waals surface area contributed by atoms with Crippen LogP contribution < -0.4 is 10.1 Å². The molecule has 0 saturated heterocycles. The van der Waals surface area contributed by atoms with Crippen LogP contribution in [-0.2, 0) is 13.0 Å². The number of carbonyl (C=O) groups excluding carboxylic acids is 1. The second kappa shape index (κ2) is 8.92. The van der Waals surface area contributed by atoms with Gasteiger partial charge in [-0.25, -0.2) is 4.98 Å². The van der Waals surface area contributed by atoms with Gasteiger partial charge in [0.2, 0.25) is 0 Å². The van der Waals surface area contributed by atoms with E-state index in [1.165, 1.54) is 16.9 Å². The maximum Gasteiger partial charge on any atom is 0.261 e. The third-order valence-corrected chi connectivity index (χ3v) is 5.71. The average molecular weight is 406 g/mol. The van der Waals surface area contributed by atoms with E-state index in [1.807, 2.05) is 47.8 Å². The minimum absolute atomic E-state index is 0.00765. The minimum Gasteiger partial charge on any atom is -0.497 e. The fraction of sp³-hybridized carbons (Fsp3) is 0.217. The molecule has 0 radical (unpaired) electrons. The van der Waals surface area contributed by atoms with Crippen LogP contribution in [0.4, 0.5) is 0 Å². The highest BCUT2D eigenvalue weighted by Gasteiger charge is 2.12. The molecule has 0 aliphatic heterocycles. The summed E-state index contributed by atoms with van der Waals surface area (Å²) in [6.45, 7) is 1.38. The van der Waals surface area contributed by atoms with E-state index < -0.39 is 0 Å². The molecule has 0 fully saturated rings. The Balaban J connectivity index is 1.46. The molecule has 4 rings (SSSR count). The Bertz CT molecular complexity index is 1090. The van der Waals surface area contributed by atoms with Gasteiger partial charge in [-0.15, -0.1) is 11.3 Å². The molecule has 0 aliphatic carbocycles. The Kier molecular flexibility index (Phi) is 5.91. The number of amides is 1. The molecule has 0 atom stereocenters. The summed E-state index contributed by atoms with van der Waals surface area (Å²) >= 11 is 1.46. The average Bonchev–Trinajstić information content (AvgIpc) is 3.41. The van der Waals surface area contributed by atoms with Crippen molar-refractivity contribution in [3.63, 3.8) is 0 Å². The zero-order valence-corrected chi connectivity index (χ0v) is 17.1. The van der Waals surface area contributed by atoms with Crippen LogP contribution >= 0.6 is 11.3 Å². The largest absolute Gasteiger partial charge is 0.497 e. The highest BCUT2D eigenvalue weighted by atomic mass is 32.1. The number of nitrogens with zero attached hydrogens (tertiary/aromatic N) is 2. The lowest BCUT2D eigenvalue weighted by Crippen LogP contribution is -2.24. The number of hydrogen-bond acceptors (Lipinski definition) is 4. The number of hydrogen-bond donors (Lipinski definition) is 1. The lowest BCUT2D eigenvalue weighted by molar-refractivity contribution is 0.0957. The van der Waals surface area contributed by atoms with Gasteiger partial charge in [-0.2, -0.15) is 0 Å². The summed E-state index contributed by atoms with van der Waals surface area (Å²) in [7, 11) is 1.67. The Hall–Kier alpha value is -3.12. The topological polar surface area (TPSA) is 56.1 Å². The van der Waals surface area contributed by atoms with Crippen molar-refractivity contribution >= 4 is 28.3 Å². The summed E-state index contributed by atoms with van der Waals surface area (Å²) in [5.41, 5.74) is 3.32. The van der Waals surface area contributed by atoms with Crippen LogP contribution in [0.25, 0.3) is 11.0 Å². The van der Waals surface area contributed by atoms with Gasteiger partial charge in [0.05, 0.1) is 23.0 Å². The summed E-state index contributed by atoms with van der Waals surface area (Å²) in [6.07, 6.45) is 1.64. The van der Waals surface area contributed by atoms with Crippen LogP contribution in [0, 0.1) is 0 Å². The molecular weight excluding hydrogens is 382 g/mol. The summed E-state index contributed by atoms with van der Waals surface area (Å²) < 4.78 is 7.52. The molecular formula is C23H23N3O2S. The molecule has 5 nitrogen and oxygen atoms in total. The van der Waals surface area contributed by atoms with Gasteiger partial charge >= 0.3 is 0 Å². The van der Waals surface area contributed by atoms with Crippen LogP contribution in [0.15, 0.2) is 66.0 Å². The van der Waals surface area contributed by atoms with E-state index in [9.17, 15) is 4.79 Å².